The molecule has 3 atom stereocenters. The molecule has 0 amide bonds. The van der Waals surface area contributed by atoms with Crippen molar-refractivity contribution in [2.45, 2.75) is 58.2 Å². The van der Waals surface area contributed by atoms with Crippen molar-refractivity contribution in [3.63, 3.8) is 0 Å². The van der Waals surface area contributed by atoms with Gasteiger partial charge < -0.3 is 9.84 Å². The SMILES string of the molecule is CC(O)CC(C)(C)C1CCOC2(CCSC2)C1. The van der Waals surface area contributed by atoms with E-state index in [0.29, 0.717) is 5.92 Å². The van der Waals surface area contributed by atoms with Crippen LogP contribution < -0.4 is 0 Å². The normalized spacial score (nSPS) is 36.4. The van der Waals surface area contributed by atoms with E-state index in [2.05, 4.69) is 13.8 Å². The monoisotopic (exact) mass is 258 g/mol. The highest BCUT2D eigenvalue weighted by Crippen LogP contribution is 2.47. The molecule has 1 spiro atoms. The second-order valence-corrected chi connectivity index (χ2v) is 7.67. The first-order valence-corrected chi connectivity index (χ1v) is 7.99. The molecule has 0 aliphatic carbocycles. The molecule has 1 N–H and O–H groups in total. The van der Waals surface area contributed by atoms with Crippen molar-refractivity contribution in [1.29, 1.82) is 0 Å². The molecule has 2 nitrogen and oxygen atoms in total. The van der Waals surface area contributed by atoms with Crippen LogP contribution in [0.4, 0.5) is 0 Å². The lowest BCUT2D eigenvalue weighted by molar-refractivity contribution is -0.104. The summed E-state index contributed by atoms with van der Waals surface area (Å²) in [6.45, 7) is 7.44. The van der Waals surface area contributed by atoms with Crippen molar-refractivity contribution in [3.8, 4) is 0 Å². The third-order valence-corrected chi connectivity index (χ3v) is 5.71. The fraction of sp³-hybridized carbons (Fsp3) is 1.00. The van der Waals surface area contributed by atoms with Crippen LogP contribution in [0.25, 0.3) is 0 Å². The molecule has 0 saturated carbocycles. The van der Waals surface area contributed by atoms with Gasteiger partial charge in [0, 0.05) is 12.4 Å². The summed E-state index contributed by atoms with van der Waals surface area (Å²) in [5, 5.41) is 9.64. The van der Waals surface area contributed by atoms with Crippen molar-refractivity contribution in [2.24, 2.45) is 11.3 Å². The van der Waals surface area contributed by atoms with Gasteiger partial charge in [-0.3, -0.25) is 0 Å². The Balaban J connectivity index is 2.01. The third kappa shape index (κ3) is 3.18. The lowest BCUT2D eigenvalue weighted by atomic mass is 9.68. The Hall–Kier alpha value is 0.270. The van der Waals surface area contributed by atoms with Crippen molar-refractivity contribution in [3.05, 3.63) is 0 Å². The van der Waals surface area contributed by atoms with Gasteiger partial charge in [0.1, 0.15) is 0 Å². The summed E-state index contributed by atoms with van der Waals surface area (Å²) in [5.74, 6) is 3.13. The van der Waals surface area contributed by atoms with E-state index in [1.165, 1.54) is 24.3 Å². The maximum Gasteiger partial charge on any atom is 0.0783 e. The summed E-state index contributed by atoms with van der Waals surface area (Å²) >= 11 is 2.03. The molecule has 0 radical (unpaired) electrons. The van der Waals surface area contributed by atoms with Gasteiger partial charge in [-0.05, 0) is 49.7 Å². The summed E-state index contributed by atoms with van der Waals surface area (Å²) in [6.07, 6.45) is 4.29. The van der Waals surface area contributed by atoms with Crippen LogP contribution in [-0.4, -0.2) is 34.9 Å². The average molecular weight is 258 g/mol. The highest BCUT2D eigenvalue weighted by Gasteiger charge is 2.44. The molecule has 100 valence electrons. The van der Waals surface area contributed by atoms with E-state index in [9.17, 15) is 5.11 Å². The Bertz CT molecular complexity index is 257. The minimum absolute atomic E-state index is 0.170. The molecule has 2 fully saturated rings. The molecule has 3 unspecified atom stereocenters. The van der Waals surface area contributed by atoms with Crippen LogP contribution in [0.1, 0.15) is 46.5 Å². The number of rotatable bonds is 3. The zero-order valence-corrected chi connectivity index (χ0v) is 12.2. The molecule has 17 heavy (non-hydrogen) atoms. The summed E-state index contributed by atoms with van der Waals surface area (Å²) in [5.41, 5.74) is 0.405. The largest absolute Gasteiger partial charge is 0.393 e. The topological polar surface area (TPSA) is 29.5 Å². The maximum atomic E-state index is 9.64. The second-order valence-electron chi connectivity index (χ2n) is 6.57. The van der Waals surface area contributed by atoms with Crippen LogP contribution in [0.5, 0.6) is 0 Å². The minimum atomic E-state index is -0.193. The van der Waals surface area contributed by atoms with Crippen molar-refractivity contribution in [2.75, 3.05) is 18.1 Å². The molecular weight excluding hydrogens is 232 g/mol. The molecule has 0 aromatic heterocycles. The van der Waals surface area contributed by atoms with Gasteiger partial charge >= 0.3 is 0 Å². The molecule has 0 bridgehead atoms. The Kier molecular flexibility index (Phi) is 4.11. The lowest BCUT2D eigenvalue weighted by Crippen LogP contribution is -2.44. The zero-order chi connectivity index (χ0) is 12.5. The van der Waals surface area contributed by atoms with E-state index in [-0.39, 0.29) is 17.1 Å². The van der Waals surface area contributed by atoms with Crippen LogP contribution >= 0.6 is 11.8 Å². The number of aliphatic hydroxyl groups excluding tert-OH is 1. The van der Waals surface area contributed by atoms with Crippen molar-refractivity contribution in [1.82, 2.24) is 0 Å². The van der Waals surface area contributed by atoms with Gasteiger partial charge in [-0.15, -0.1) is 0 Å². The fourth-order valence-corrected chi connectivity index (χ4v) is 4.86. The van der Waals surface area contributed by atoms with Crippen molar-refractivity contribution >= 4 is 11.8 Å². The Morgan fingerprint density at radius 3 is 2.88 bits per heavy atom. The number of hydrogen-bond acceptors (Lipinski definition) is 3. The van der Waals surface area contributed by atoms with Crippen LogP contribution in [0.2, 0.25) is 0 Å². The van der Waals surface area contributed by atoms with Gasteiger partial charge in [0.05, 0.1) is 11.7 Å². The average Bonchev–Trinajstić information content (AvgIpc) is 2.64. The summed E-state index contributed by atoms with van der Waals surface area (Å²) < 4.78 is 6.07. The molecule has 2 rings (SSSR count). The van der Waals surface area contributed by atoms with Gasteiger partial charge in [-0.25, -0.2) is 0 Å². The predicted octanol–water partition coefficient (Wildman–Crippen LogP) is 3.09. The van der Waals surface area contributed by atoms with Gasteiger partial charge in [0.2, 0.25) is 0 Å². The molecule has 3 heteroatoms. The van der Waals surface area contributed by atoms with Crippen LogP contribution in [0.15, 0.2) is 0 Å². The first kappa shape index (κ1) is 13.7. The van der Waals surface area contributed by atoms with E-state index in [0.717, 1.165) is 19.4 Å². The van der Waals surface area contributed by atoms with E-state index in [1.807, 2.05) is 18.7 Å². The maximum absolute atomic E-state index is 9.64. The van der Waals surface area contributed by atoms with Crippen LogP contribution in [0, 0.1) is 11.3 Å². The van der Waals surface area contributed by atoms with Gasteiger partial charge in [-0.1, -0.05) is 13.8 Å². The molecule has 2 aliphatic rings. The standard InChI is InChI=1S/C14H26O2S/c1-11(15)8-13(2,3)12-4-6-16-14(9-12)5-7-17-10-14/h11-12,15H,4-10H2,1-3H3. The summed E-state index contributed by atoms with van der Waals surface area (Å²) in [6, 6.07) is 0. The number of thioether (sulfide) groups is 1. The molecule has 2 aliphatic heterocycles. The molecule has 2 heterocycles. The van der Waals surface area contributed by atoms with Crippen molar-refractivity contribution < 1.29 is 9.84 Å². The number of hydrogen-bond donors (Lipinski definition) is 1. The van der Waals surface area contributed by atoms with Crippen LogP contribution in [0.3, 0.4) is 0 Å². The van der Waals surface area contributed by atoms with E-state index >= 15 is 0 Å². The number of ether oxygens (including phenoxy) is 1. The van der Waals surface area contributed by atoms with Gasteiger partial charge in [-0.2, -0.15) is 11.8 Å². The van der Waals surface area contributed by atoms with E-state index < -0.39 is 0 Å². The second kappa shape index (κ2) is 5.10. The smallest absolute Gasteiger partial charge is 0.0783 e. The molecular formula is C14H26O2S. The first-order valence-electron chi connectivity index (χ1n) is 6.83. The zero-order valence-electron chi connectivity index (χ0n) is 11.4. The quantitative estimate of drug-likeness (QED) is 0.843. The summed E-state index contributed by atoms with van der Waals surface area (Å²) in [4.78, 5) is 0. The van der Waals surface area contributed by atoms with E-state index in [4.69, 9.17) is 4.74 Å². The van der Waals surface area contributed by atoms with Crippen LogP contribution in [-0.2, 0) is 4.74 Å². The minimum Gasteiger partial charge on any atom is -0.393 e. The fourth-order valence-electron chi connectivity index (χ4n) is 3.49. The van der Waals surface area contributed by atoms with Gasteiger partial charge in [0.15, 0.2) is 0 Å². The Morgan fingerprint density at radius 2 is 2.29 bits per heavy atom. The predicted molar refractivity (Wildman–Crippen MR) is 73.4 cm³/mol. The number of aliphatic hydroxyl groups is 1. The molecule has 0 aromatic rings. The Morgan fingerprint density at radius 1 is 1.53 bits per heavy atom. The lowest BCUT2D eigenvalue weighted by Gasteiger charge is -2.45. The Labute approximate surface area is 110 Å². The molecule has 0 aromatic carbocycles. The first-order chi connectivity index (χ1) is 7.94. The third-order valence-electron chi connectivity index (χ3n) is 4.49. The summed E-state index contributed by atoms with van der Waals surface area (Å²) in [7, 11) is 0. The highest BCUT2D eigenvalue weighted by molar-refractivity contribution is 7.99. The van der Waals surface area contributed by atoms with E-state index in [1.54, 1.807) is 0 Å². The highest BCUT2D eigenvalue weighted by atomic mass is 32.2. The molecule has 2 saturated heterocycles. The van der Waals surface area contributed by atoms with Gasteiger partial charge in [0.25, 0.3) is 0 Å².